The van der Waals surface area contributed by atoms with E-state index in [4.69, 9.17) is 20.5 Å². The first-order valence-electron chi connectivity index (χ1n) is 6.87. The van der Waals surface area contributed by atoms with Crippen LogP contribution < -0.4 is 15.2 Å². The molecule has 0 aliphatic heterocycles. The molecule has 23 heavy (non-hydrogen) atoms. The zero-order valence-electron chi connectivity index (χ0n) is 12.8. The van der Waals surface area contributed by atoms with Crippen LogP contribution in [0.15, 0.2) is 27.9 Å². The molecule has 0 radical (unpaired) electrons. The van der Waals surface area contributed by atoms with Crippen LogP contribution in [0.1, 0.15) is 18.2 Å². The summed E-state index contributed by atoms with van der Waals surface area (Å²) >= 11 is 3.46. The van der Waals surface area contributed by atoms with E-state index in [-0.39, 0.29) is 6.61 Å². The highest BCUT2D eigenvalue weighted by atomic mass is 79.9. The predicted molar refractivity (Wildman–Crippen MR) is 90.8 cm³/mol. The lowest BCUT2D eigenvalue weighted by Crippen LogP contribution is -2.01. The minimum atomic E-state index is -0.0508. The third-order valence-corrected chi connectivity index (χ3v) is 3.50. The molecule has 0 saturated heterocycles. The summed E-state index contributed by atoms with van der Waals surface area (Å²) in [5.41, 5.74) is 7.32. The first kappa shape index (κ1) is 16.8. The number of nitrogen functional groups attached to an aromatic ring is 1. The van der Waals surface area contributed by atoms with Crippen molar-refractivity contribution in [3.8, 4) is 17.6 Å². The maximum Gasteiger partial charge on any atom is 0.221 e. The number of imidazole rings is 1. The van der Waals surface area contributed by atoms with Gasteiger partial charge in [-0.25, -0.2) is 9.66 Å². The number of ether oxygens (including phenoxy) is 2. The summed E-state index contributed by atoms with van der Waals surface area (Å²) in [6.07, 6.45) is 3.37. The van der Waals surface area contributed by atoms with Crippen LogP contribution in [0.2, 0.25) is 0 Å². The smallest absolute Gasteiger partial charge is 0.221 e. The monoisotopic (exact) mass is 377 g/mol. The highest BCUT2D eigenvalue weighted by molar-refractivity contribution is 9.10. The van der Waals surface area contributed by atoms with Crippen molar-refractivity contribution in [2.75, 3.05) is 18.9 Å². The SMILES string of the molecule is CCOc1cc(C=Nn2cc(C)nc2N)c(Br)cc1OCC#N. The lowest BCUT2D eigenvalue weighted by Gasteiger charge is -2.12. The van der Waals surface area contributed by atoms with Crippen molar-refractivity contribution in [1.82, 2.24) is 9.66 Å². The largest absolute Gasteiger partial charge is 0.490 e. The van der Waals surface area contributed by atoms with Crippen molar-refractivity contribution in [2.45, 2.75) is 13.8 Å². The second-order valence-corrected chi connectivity index (χ2v) is 5.38. The van der Waals surface area contributed by atoms with Crippen LogP contribution in [0.25, 0.3) is 0 Å². The Morgan fingerprint density at radius 1 is 1.43 bits per heavy atom. The molecular weight excluding hydrogens is 362 g/mol. The fourth-order valence-electron chi connectivity index (χ4n) is 1.86. The Morgan fingerprint density at radius 2 is 2.17 bits per heavy atom. The average Bonchev–Trinajstić information content (AvgIpc) is 2.83. The predicted octanol–water partition coefficient (Wildman–Crippen LogP) is 2.72. The fraction of sp³-hybridized carbons (Fsp3) is 0.267. The molecule has 0 unspecified atom stereocenters. The van der Waals surface area contributed by atoms with Crippen LogP contribution >= 0.6 is 15.9 Å². The van der Waals surface area contributed by atoms with E-state index < -0.39 is 0 Å². The number of halogens is 1. The van der Waals surface area contributed by atoms with E-state index in [1.165, 1.54) is 4.68 Å². The summed E-state index contributed by atoms with van der Waals surface area (Å²) in [5, 5.41) is 12.9. The van der Waals surface area contributed by atoms with Crippen LogP contribution in [-0.4, -0.2) is 29.1 Å². The summed E-state index contributed by atoms with van der Waals surface area (Å²) in [5.74, 6) is 1.35. The van der Waals surface area contributed by atoms with Gasteiger partial charge in [-0.2, -0.15) is 10.4 Å². The Bertz CT molecular complexity index is 764. The maximum absolute atomic E-state index is 8.64. The van der Waals surface area contributed by atoms with Gasteiger partial charge in [-0.15, -0.1) is 0 Å². The molecular formula is C15H16BrN5O2. The van der Waals surface area contributed by atoms with Gasteiger partial charge in [0.05, 0.1) is 24.7 Å². The van der Waals surface area contributed by atoms with E-state index in [1.54, 1.807) is 24.5 Å². The van der Waals surface area contributed by atoms with Crippen LogP contribution in [0.5, 0.6) is 11.5 Å². The Morgan fingerprint density at radius 3 is 2.78 bits per heavy atom. The third kappa shape index (κ3) is 4.23. The van der Waals surface area contributed by atoms with Gasteiger partial charge in [0.1, 0.15) is 6.07 Å². The van der Waals surface area contributed by atoms with E-state index >= 15 is 0 Å². The number of nitrogens with zero attached hydrogens (tertiary/aromatic N) is 4. The number of hydrogen-bond donors (Lipinski definition) is 1. The Kier molecular flexibility index (Phi) is 5.60. The zero-order valence-corrected chi connectivity index (χ0v) is 14.4. The lowest BCUT2D eigenvalue weighted by molar-refractivity contribution is 0.298. The third-order valence-electron chi connectivity index (χ3n) is 2.81. The quantitative estimate of drug-likeness (QED) is 0.780. The summed E-state index contributed by atoms with van der Waals surface area (Å²) in [7, 11) is 0. The Balaban J connectivity index is 2.33. The topological polar surface area (TPSA) is 98.4 Å². The molecule has 7 nitrogen and oxygen atoms in total. The average molecular weight is 378 g/mol. The van der Waals surface area contributed by atoms with Crippen LogP contribution in [-0.2, 0) is 0 Å². The molecule has 1 heterocycles. The van der Waals surface area contributed by atoms with Gasteiger partial charge in [-0.3, -0.25) is 0 Å². The van der Waals surface area contributed by atoms with Crippen molar-refractivity contribution in [1.29, 1.82) is 5.26 Å². The van der Waals surface area contributed by atoms with Crippen LogP contribution in [0.3, 0.4) is 0 Å². The van der Waals surface area contributed by atoms with Crippen molar-refractivity contribution in [3.63, 3.8) is 0 Å². The number of benzene rings is 1. The van der Waals surface area contributed by atoms with Gasteiger partial charge < -0.3 is 15.2 Å². The van der Waals surface area contributed by atoms with Crippen molar-refractivity contribution >= 4 is 28.1 Å². The molecule has 0 bridgehead atoms. The molecule has 2 rings (SSSR count). The number of aromatic nitrogens is 2. The molecule has 0 aliphatic rings. The number of hydrogen-bond acceptors (Lipinski definition) is 6. The lowest BCUT2D eigenvalue weighted by atomic mass is 10.2. The van der Waals surface area contributed by atoms with E-state index in [2.05, 4.69) is 26.0 Å². The normalized spacial score (nSPS) is 10.7. The molecule has 0 fully saturated rings. The standard InChI is InChI=1S/C15H16BrN5O2/c1-3-22-13-6-11(12(16)7-14(13)23-5-4-17)8-19-21-9-10(2)20-15(21)18/h6-9H,3,5H2,1-2H3,(H2,18,20). The molecule has 0 saturated carbocycles. The van der Waals surface area contributed by atoms with Gasteiger partial charge in [0, 0.05) is 10.0 Å². The molecule has 0 aliphatic carbocycles. The van der Waals surface area contributed by atoms with Gasteiger partial charge in [0.25, 0.3) is 0 Å². The molecule has 120 valence electrons. The minimum absolute atomic E-state index is 0.0508. The Hall–Kier alpha value is -2.53. The van der Waals surface area contributed by atoms with Gasteiger partial charge in [0.15, 0.2) is 18.1 Å². The number of nitrogens with two attached hydrogens (primary N) is 1. The second kappa shape index (κ2) is 7.65. The summed E-state index contributed by atoms with van der Waals surface area (Å²) in [4.78, 5) is 4.08. The van der Waals surface area contributed by atoms with Crippen LogP contribution in [0, 0.1) is 18.3 Å². The first-order chi connectivity index (χ1) is 11.0. The molecule has 0 atom stereocenters. The minimum Gasteiger partial charge on any atom is -0.490 e. The van der Waals surface area contributed by atoms with E-state index in [0.29, 0.717) is 24.1 Å². The first-order valence-corrected chi connectivity index (χ1v) is 7.66. The van der Waals surface area contributed by atoms with Crippen molar-refractivity contribution < 1.29 is 9.47 Å². The van der Waals surface area contributed by atoms with Gasteiger partial charge in [-0.05, 0) is 41.9 Å². The molecule has 0 amide bonds. The highest BCUT2D eigenvalue weighted by Crippen LogP contribution is 2.33. The summed E-state index contributed by atoms with van der Waals surface area (Å²) in [6.45, 7) is 4.14. The van der Waals surface area contributed by atoms with Gasteiger partial charge >= 0.3 is 0 Å². The van der Waals surface area contributed by atoms with E-state index in [1.807, 2.05) is 19.9 Å². The van der Waals surface area contributed by atoms with Gasteiger partial charge in [0.2, 0.25) is 5.95 Å². The van der Waals surface area contributed by atoms with E-state index in [9.17, 15) is 0 Å². The van der Waals surface area contributed by atoms with Gasteiger partial charge in [-0.1, -0.05) is 0 Å². The number of aryl methyl sites for hydroxylation is 1. The van der Waals surface area contributed by atoms with Crippen LogP contribution in [0.4, 0.5) is 5.95 Å². The zero-order chi connectivity index (χ0) is 16.8. The van der Waals surface area contributed by atoms with Crippen molar-refractivity contribution in [2.24, 2.45) is 5.10 Å². The molecule has 2 aromatic rings. The number of nitriles is 1. The highest BCUT2D eigenvalue weighted by Gasteiger charge is 2.10. The second-order valence-electron chi connectivity index (χ2n) is 4.53. The molecule has 1 aromatic heterocycles. The number of rotatable bonds is 6. The summed E-state index contributed by atoms with van der Waals surface area (Å²) in [6, 6.07) is 5.45. The maximum atomic E-state index is 8.64. The molecule has 8 heteroatoms. The fourth-order valence-corrected chi connectivity index (χ4v) is 2.29. The van der Waals surface area contributed by atoms with Crippen molar-refractivity contribution in [3.05, 3.63) is 34.1 Å². The Labute approximate surface area is 142 Å². The number of anilines is 1. The van der Waals surface area contributed by atoms with E-state index in [0.717, 1.165) is 15.7 Å². The molecule has 0 spiro atoms. The summed E-state index contributed by atoms with van der Waals surface area (Å²) < 4.78 is 13.2. The molecule has 2 N–H and O–H groups in total. The molecule has 1 aromatic carbocycles.